The highest BCUT2D eigenvalue weighted by atomic mass is 127. The van der Waals surface area contributed by atoms with Gasteiger partial charge in [0.05, 0.1) is 10.7 Å². The molecule has 2 aromatic rings. The summed E-state index contributed by atoms with van der Waals surface area (Å²) in [6.45, 7) is 5.12. The topological polar surface area (TPSA) is 12.0 Å². The average Bonchev–Trinajstić information content (AvgIpc) is 2.56. The van der Waals surface area contributed by atoms with Crippen molar-refractivity contribution in [1.82, 2.24) is 0 Å². The Labute approximate surface area is 124 Å². The zero-order valence-corrected chi connectivity index (χ0v) is 13.4. The normalized spacial score (nSPS) is 10.6. The Morgan fingerprint density at radius 3 is 2.65 bits per heavy atom. The smallest absolute Gasteiger partial charge is 0.0648 e. The highest BCUT2D eigenvalue weighted by molar-refractivity contribution is 14.1. The van der Waals surface area contributed by atoms with Crippen LogP contribution in [-0.2, 0) is 6.54 Å². The first-order valence-electron chi connectivity index (χ1n) is 5.31. The standard InChI is InChI=1S/C13H13ClINS/c1-8-5-10(9(2)17-8)7-16-13-4-3-11(15)6-12(13)14/h3-6,16H,7H2,1-2H3. The number of anilines is 1. The van der Waals surface area contributed by atoms with E-state index in [4.69, 9.17) is 11.6 Å². The van der Waals surface area contributed by atoms with Gasteiger partial charge in [-0.2, -0.15) is 0 Å². The van der Waals surface area contributed by atoms with Crippen molar-refractivity contribution in [2.45, 2.75) is 20.4 Å². The van der Waals surface area contributed by atoms with Gasteiger partial charge in [0.2, 0.25) is 0 Å². The van der Waals surface area contributed by atoms with Crippen LogP contribution >= 0.6 is 45.5 Å². The van der Waals surface area contributed by atoms with Crippen molar-refractivity contribution in [2.24, 2.45) is 0 Å². The fourth-order valence-electron chi connectivity index (χ4n) is 1.68. The van der Waals surface area contributed by atoms with Gasteiger partial charge in [-0.05, 0) is 66.3 Å². The van der Waals surface area contributed by atoms with Crippen LogP contribution in [-0.4, -0.2) is 0 Å². The first kappa shape index (κ1) is 13.2. The molecule has 0 unspecified atom stereocenters. The molecule has 0 saturated heterocycles. The van der Waals surface area contributed by atoms with Crippen molar-refractivity contribution in [3.63, 3.8) is 0 Å². The van der Waals surface area contributed by atoms with Gasteiger partial charge in [0.25, 0.3) is 0 Å². The lowest BCUT2D eigenvalue weighted by Gasteiger charge is -2.08. The molecule has 0 atom stereocenters. The Balaban J connectivity index is 2.10. The van der Waals surface area contributed by atoms with E-state index in [0.29, 0.717) is 0 Å². The monoisotopic (exact) mass is 377 g/mol. The Morgan fingerprint density at radius 1 is 1.29 bits per heavy atom. The summed E-state index contributed by atoms with van der Waals surface area (Å²) < 4.78 is 1.15. The number of nitrogens with one attached hydrogen (secondary N) is 1. The van der Waals surface area contributed by atoms with Gasteiger partial charge in [-0.25, -0.2) is 0 Å². The van der Waals surface area contributed by atoms with Crippen LogP contribution in [0.25, 0.3) is 0 Å². The van der Waals surface area contributed by atoms with E-state index in [1.54, 1.807) is 0 Å². The van der Waals surface area contributed by atoms with Gasteiger partial charge in [0.1, 0.15) is 0 Å². The van der Waals surface area contributed by atoms with Crippen molar-refractivity contribution in [2.75, 3.05) is 5.32 Å². The molecule has 4 heteroatoms. The molecule has 1 aromatic carbocycles. The van der Waals surface area contributed by atoms with Gasteiger partial charge in [0, 0.05) is 19.9 Å². The highest BCUT2D eigenvalue weighted by Crippen LogP contribution is 2.26. The molecule has 0 spiro atoms. The lowest BCUT2D eigenvalue weighted by molar-refractivity contribution is 1.14. The van der Waals surface area contributed by atoms with Crippen LogP contribution in [0.1, 0.15) is 15.3 Å². The van der Waals surface area contributed by atoms with Crippen LogP contribution in [0.5, 0.6) is 0 Å². The summed E-state index contributed by atoms with van der Waals surface area (Å²) in [6.07, 6.45) is 0. The van der Waals surface area contributed by atoms with E-state index in [0.717, 1.165) is 20.8 Å². The zero-order chi connectivity index (χ0) is 12.4. The molecule has 0 bridgehead atoms. The number of hydrogen-bond donors (Lipinski definition) is 1. The van der Waals surface area contributed by atoms with E-state index in [9.17, 15) is 0 Å². The van der Waals surface area contributed by atoms with E-state index in [-0.39, 0.29) is 0 Å². The fraction of sp³-hybridized carbons (Fsp3) is 0.231. The molecular weight excluding hydrogens is 365 g/mol. The summed E-state index contributed by atoms with van der Waals surface area (Å²) >= 11 is 10.3. The molecule has 0 aliphatic heterocycles. The molecule has 0 aliphatic carbocycles. The van der Waals surface area contributed by atoms with Crippen molar-refractivity contribution in [1.29, 1.82) is 0 Å². The number of aryl methyl sites for hydroxylation is 2. The van der Waals surface area contributed by atoms with Crippen LogP contribution in [0.15, 0.2) is 24.3 Å². The molecule has 0 fully saturated rings. The van der Waals surface area contributed by atoms with Crippen molar-refractivity contribution in [3.8, 4) is 0 Å². The maximum Gasteiger partial charge on any atom is 0.0648 e. The minimum Gasteiger partial charge on any atom is -0.380 e. The molecular formula is C13H13ClINS. The van der Waals surface area contributed by atoms with Crippen LogP contribution in [0, 0.1) is 17.4 Å². The fourth-order valence-corrected chi connectivity index (χ4v) is 3.55. The molecule has 1 nitrogen and oxygen atoms in total. The summed E-state index contributed by atoms with van der Waals surface area (Å²) in [5.74, 6) is 0. The van der Waals surface area contributed by atoms with Crippen LogP contribution in [0.2, 0.25) is 5.02 Å². The van der Waals surface area contributed by atoms with Crippen LogP contribution in [0.4, 0.5) is 5.69 Å². The Hall–Kier alpha value is -0.260. The molecule has 17 heavy (non-hydrogen) atoms. The largest absolute Gasteiger partial charge is 0.380 e. The third kappa shape index (κ3) is 3.36. The van der Waals surface area contributed by atoms with E-state index in [2.05, 4.69) is 53.9 Å². The second-order valence-electron chi connectivity index (χ2n) is 3.92. The summed E-state index contributed by atoms with van der Waals surface area (Å²) in [7, 11) is 0. The van der Waals surface area contributed by atoms with E-state index in [1.807, 2.05) is 23.5 Å². The van der Waals surface area contributed by atoms with Gasteiger partial charge in [-0.1, -0.05) is 11.6 Å². The molecule has 0 radical (unpaired) electrons. The van der Waals surface area contributed by atoms with E-state index in [1.165, 1.54) is 15.3 Å². The predicted octanol–water partition coefficient (Wildman–Crippen LogP) is 5.24. The third-order valence-corrected chi connectivity index (χ3v) is 4.54. The zero-order valence-electron chi connectivity index (χ0n) is 9.68. The highest BCUT2D eigenvalue weighted by Gasteiger charge is 2.04. The van der Waals surface area contributed by atoms with E-state index < -0.39 is 0 Å². The van der Waals surface area contributed by atoms with Crippen molar-refractivity contribution >= 4 is 51.2 Å². The SMILES string of the molecule is Cc1cc(CNc2ccc(I)cc2Cl)c(C)s1. The van der Waals surface area contributed by atoms with Crippen LogP contribution < -0.4 is 5.32 Å². The van der Waals surface area contributed by atoms with Crippen molar-refractivity contribution in [3.05, 3.63) is 48.2 Å². The lowest BCUT2D eigenvalue weighted by atomic mass is 10.2. The van der Waals surface area contributed by atoms with Crippen molar-refractivity contribution < 1.29 is 0 Å². The molecule has 1 aromatic heterocycles. The predicted molar refractivity (Wildman–Crippen MR) is 85.3 cm³/mol. The number of thiophene rings is 1. The molecule has 2 rings (SSSR count). The number of hydrogen-bond acceptors (Lipinski definition) is 2. The molecule has 0 aliphatic rings. The summed E-state index contributed by atoms with van der Waals surface area (Å²) in [6, 6.07) is 8.28. The number of benzene rings is 1. The van der Waals surface area contributed by atoms with Gasteiger partial charge in [0.15, 0.2) is 0 Å². The summed E-state index contributed by atoms with van der Waals surface area (Å²) in [4.78, 5) is 2.73. The Bertz CT molecular complexity index is 536. The Kier molecular flexibility index (Phi) is 4.33. The molecule has 1 N–H and O–H groups in total. The van der Waals surface area contributed by atoms with Gasteiger partial charge in [-0.15, -0.1) is 11.3 Å². The van der Waals surface area contributed by atoms with Crippen LogP contribution in [0.3, 0.4) is 0 Å². The number of halogens is 2. The van der Waals surface area contributed by atoms with Gasteiger partial charge in [-0.3, -0.25) is 0 Å². The molecule has 90 valence electrons. The lowest BCUT2D eigenvalue weighted by Crippen LogP contribution is -2.00. The molecule has 0 saturated carbocycles. The number of rotatable bonds is 3. The molecule has 1 heterocycles. The summed E-state index contributed by atoms with van der Waals surface area (Å²) in [5.41, 5.74) is 2.34. The quantitative estimate of drug-likeness (QED) is 0.722. The third-order valence-electron chi connectivity index (χ3n) is 2.54. The second-order valence-corrected chi connectivity index (χ2v) is 7.03. The molecule has 0 amide bonds. The average molecular weight is 378 g/mol. The minimum atomic E-state index is 0.779. The summed E-state index contributed by atoms with van der Waals surface area (Å²) in [5, 5.41) is 4.16. The first-order valence-corrected chi connectivity index (χ1v) is 7.58. The maximum absolute atomic E-state index is 6.18. The maximum atomic E-state index is 6.18. The van der Waals surface area contributed by atoms with Gasteiger partial charge >= 0.3 is 0 Å². The van der Waals surface area contributed by atoms with Gasteiger partial charge < -0.3 is 5.32 Å². The second kappa shape index (κ2) is 5.59. The Morgan fingerprint density at radius 2 is 2.06 bits per heavy atom. The van der Waals surface area contributed by atoms with E-state index >= 15 is 0 Å². The minimum absolute atomic E-state index is 0.779. The first-order chi connectivity index (χ1) is 8.06.